The lowest BCUT2D eigenvalue weighted by Gasteiger charge is -2.12. The molecule has 1 aromatic heterocycles. The highest BCUT2D eigenvalue weighted by Crippen LogP contribution is 2.32. The fourth-order valence-electron chi connectivity index (χ4n) is 1.96. The molecule has 0 unspecified atom stereocenters. The van der Waals surface area contributed by atoms with Crippen LogP contribution < -0.4 is 0 Å². The predicted octanol–water partition coefficient (Wildman–Crippen LogP) is 4.44. The summed E-state index contributed by atoms with van der Waals surface area (Å²) < 4.78 is 75.5. The first-order valence-corrected chi connectivity index (χ1v) is 5.85. The molecule has 0 atom stereocenters. The number of hydrogen-bond acceptors (Lipinski definition) is 1. The lowest BCUT2D eigenvalue weighted by atomic mass is 10.1. The Morgan fingerprint density at radius 3 is 2.05 bits per heavy atom. The summed E-state index contributed by atoms with van der Waals surface area (Å²) in [5.74, 6) is 0. The van der Waals surface area contributed by atoms with Crippen molar-refractivity contribution in [3.05, 3.63) is 41.6 Å². The Morgan fingerprint density at radius 2 is 1.57 bits per heavy atom. The monoisotopic (exact) mass is 308 g/mol. The van der Waals surface area contributed by atoms with Crippen LogP contribution in [-0.4, -0.2) is 16.0 Å². The average molecular weight is 308 g/mol. The highest BCUT2D eigenvalue weighted by atomic mass is 19.4. The van der Waals surface area contributed by atoms with Gasteiger partial charge in [-0.15, -0.1) is 0 Å². The van der Waals surface area contributed by atoms with Crippen LogP contribution in [0.3, 0.4) is 0 Å². The van der Waals surface area contributed by atoms with E-state index in [9.17, 15) is 26.3 Å². The van der Waals surface area contributed by atoms with Gasteiger partial charge in [0.25, 0.3) is 0 Å². The minimum absolute atomic E-state index is 0.154. The van der Waals surface area contributed by atoms with E-state index < -0.39 is 24.5 Å². The largest absolute Gasteiger partial charge is 0.416 e. The normalized spacial score (nSPS) is 12.7. The molecule has 21 heavy (non-hydrogen) atoms. The SMILES string of the molecule is Cc1cnn(CC(F)(F)F)c1-c1ccc(C(F)(F)F)cc1. The van der Waals surface area contributed by atoms with E-state index in [1.165, 1.54) is 6.20 Å². The molecule has 8 heteroatoms. The van der Waals surface area contributed by atoms with Gasteiger partial charge in [-0.1, -0.05) is 12.1 Å². The zero-order valence-electron chi connectivity index (χ0n) is 10.8. The van der Waals surface area contributed by atoms with E-state index in [2.05, 4.69) is 5.10 Å². The quantitative estimate of drug-likeness (QED) is 0.750. The summed E-state index contributed by atoms with van der Waals surface area (Å²) >= 11 is 0. The van der Waals surface area contributed by atoms with Gasteiger partial charge in [-0.2, -0.15) is 31.4 Å². The van der Waals surface area contributed by atoms with E-state index in [1.54, 1.807) is 6.92 Å². The number of rotatable bonds is 2. The maximum Gasteiger partial charge on any atom is 0.416 e. The smallest absolute Gasteiger partial charge is 0.255 e. The van der Waals surface area contributed by atoms with Crippen LogP contribution in [0.2, 0.25) is 0 Å². The van der Waals surface area contributed by atoms with E-state index in [0.717, 1.165) is 28.9 Å². The first-order chi connectivity index (χ1) is 9.58. The summed E-state index contributed by atoms with van der Waals surface area (Å²) in [7, 11) is 0. The van der Waals surface area contributed by atoms with Gasteiger partial charge in [0.05, 0.1) is 17.5 Å². The second-order valence-electron chi connectivity index (χ2n) is 4.52. The second kappa shape index (κ2) is 5.09. The van der Waals surface area contributed by atoms with Crippen LogP contribution >= 0.6 is 0 Å². The summed E-state index contributed by atoms with van der Waals surface area (Å²) in [6.45, 7) is 0.254. The van der Waals surface area contributed by atoms with Crippen LogP contribution in [0.1, 0.15) is 11.1 Å². The van der Waals surface area contributed by atoms with Gasteiger partial charge < -0.3 is 0 Å². The maximum atomic E-state index is 12.5. The van der Waals surface area contributed by atoms with Gasteiger partial charge in [0.15, 0.2) is 0 Å². The summed E-state index contributed by atoms with van der Waals surface area (Å²) in [5, 5.41) is 3.62. The standard InChI is InChI=1S/C13H10F6N2/c1-8-6-20-21(7-12(14,15)16)11(8)9-2-4-10(5-3-9)13(17,18)19/h2-6H,7H2,1H3. The molecule has 0 N–H and O–H groups in total. The Hall–Kier alpha value is -1.99. The molecule has 114 valence electrons. The Morgan fingerprint density at radius 1 is 1.00 bits per heavy atom. The van der Waals surface area contributed by atoms with Crippen LogP contribution in [0.25, 0.3) is 11.3 Å². The molecule has 0 saturated heterocycles. The van der Waals surface area contributed by atoms with E-state index in [4.69, 9.17) is 0 Å². The fourth-order valence-corrected chi connectivity index (χ4v) is 1.96. The van der Waals surface area contributed by atoms with Crippen molar-refractivity contribution >= 4 is 0 Å². The van der Waals surface area contributed by atoms with E-state index in [0.29, 0.717) is 5.56 Å². The third kappa shape index (κ3) is 3.56. The summed E-state index contributed by atoms with van der Waals surface area (Å²) in [6, 6.07) is 3.94. The summed E-state index contributed by atoms with van der Waals surface area (Å²) in [4.78, 5) is 0. The Labute approximate surface area is 116 Å². The van der Waals surface area contributed by atoms with Gasteiger partial charge in [0.1, 0.15) is 6.54 Å². The van der Waals surface area contributed by atoms with Crippen molar-refractivity contribution in [1.82, 2.24) is 9.78 Å². The Balaban J connectivity index is 2.40. The summed E-state index contributed by atoms with van der Waals surface area (Å²) in [6.07, 6.45) is -7.70. The van der Waals surface area contributed by atoms with Crippen molar-refractivity contribution < 1.29 is 26.3 Å². The van der Waals surface area contributed by atoms with E-state index in [1.807, 2.05) is 0 Å². The van der Waals surface area contributed by atoms with Crippen LogP contribution in [-0.2, 0) is 12.7 Å². The predicted molar refractivity (Wildman–Crippen MR) is 63.5 cm³/mol. The minimum atomic E-state index is -4.49. The maximum absolute atomic E-state index is 12.5. The third-order valence-electron chi connectivity index (χ3n) is 2.84. The van der Waals surface area contributed by atoms with Gasteiger partial charge in [-0.05, 0) is 24.6 Å². The van der Waals surface area contributed by atoms with Crippen molar-refractivity contribution in [1.29, 1.82) is 0 Å². The topological polar surface area (TPSA) is 17.8 Å². The first-order valence-electron chi connectivity index (χ1n) is 5.85. The minimum Gasteiger partial charge on any atom is -0.255 e. The lowest BCUT2D eigenvalue weighted by Crippen LogP contribution is -2.19. The van der Waals surface area contributed by atoms with E-state index in [-0.39, 0.29) is 11.3 Å². The number of alkyl halides is 6. The molecule has 2 aromatic rings. The van der Waals surface area contributed by atoms with Crippen LogP contribution in [0.5, 0.6) is 0 Å². The molecule has 0 spiro atoms. The van der Waals surface area contributed by atoms with Gasteiger partial charge in [0.2, 0.25) is 0 Å². The zero-order valence-corrected chi connectivity index (χ0v) is 10.8. The number of hydrogen-bond donors (Lipinski definition) is 0. The molecule has 2 nitrogen and oxygen atoms in total. The molecule has 0 aliphatic heterocycles. The number of benzene rings is 1. The van der Waals surface area contributed by atoms with Gasteiger partial charge in [0, 0.05) is 5.56 Å². The Kier molecular flexibility index (Phi) is 3.73. The first kappa shape index (κ1) is 15.4. The Bertz CT molecular complexity index is 622. The van der Waals surface area contributed by atoms with Crippen LogP contribution in [0, 0.1) is 6.92 Å². The lowest BCUT2D eigenvalue weighted by molar-refractivity contribution is -0.142. The number of nitrogens with zero attached hydrogens (tertiary/aromatic N) is 2. The van der Waals surface area contributed by atoms with Crippen molar-refractivity contribution in [2.24, 2.45) is 0 Å². The number of halogens is 6. The average Bonchev–Trinajstić information content (AvgIpc) is 2.67. The van der Waals surface area contributed by atoms with Crippen molar-refractivity contribution in [2.75, 3.05) is 0 Å². The van der Waals surface area contributed by atoms with Crippen LogP contribution in [0.4, 0.5) is 26.3 Å². The molecule has 0 aliphatic carbocycles. The van der Waals surface area contributed by atoms with Crippen LogP contribution in [0.15, 0.2) is 30.5 Å². The molecular formula is C13H10F6N2. The molecule has 0 saturated carbocycles. The third-order valence-corrected chi connectivity index (χ3v) is 2.84. The molecule has 0 amide bonds. The van der Waals surface area contributed by atoms with Gasteiger partial charge in [-0.25, -0.2) is 0 Å². The number of aryl methyl sites for hydroxylation is 1. The summed E-state index contributed by atoms with van der Waals surface area (Å²) in [5.41, 5.74) is 0.00750. The molecule has 2 rings (SSSR count). The molecular weight excluding hydrogens is 298 g/mol. The highest BCUT2D eigenvalue weighted by molar-refractivity contribution is 5.63. The fraction of sp³-hybridized carbons (Fsp3) is 0.308. The zero-order chi connectivity index (χ0) is 15.8. The molecule has 0 radical (unpaired) electrons. The molecule has 0 fully saturated rings. The second-order valence-corrected chi connectivity index (χ2v) is 4.52. The molecule has 1 aromatic carbocycles. The molecule has 0 aliphatic rings. The van der Waals surface area contributed by atoms with Crippen molar-refractivity contribution in [3.8, 4) is 11.3 Å². The van der Waals surface area contributed by atoms with Crippen molar-refractivity contribution in [2.45, 2.75) is 25.8 Å². The van der Waals surface area contributed by atoms with Crippen molar-refractivity contribution in [3.63, 3.8) is 0 Å². The van der Waals surface area contributed by atoms with E-state index >= 15 is 0 Å². The molecule has 0 bridgehead atoms. The molecule has 1 heterocycles. The van der Waals surface area contributed by atoms with Gasteiger partial charge >= 0.3 is 12.4 Å². The highest BCUT2D eigenvalue weighted by Gasteiger charge is 2.31. The number of aromatic nitrogens is 2. The van der Waals surface area contributed by atoms with Gasteiger partial charge in [-0.3, -0.25) is 4.68 Å².